The summed E-state index contributed by atoms with van der Waals surface area (Å²) in [6.07, 6.45) is 4.11. The molecule has 2 fully saturated rings. The first-order valence-corrected chi connectivity index (χ1v) is 6.43. The van der Waals surface area contributed by atoms with Crippen LogP contribution in [0.3, 0.4) is 0 Å². The highest BCUT2D eigenvalue weighted by molar-refractivity contribution is 5.76. The summed E-state index contributed by atoms with van der Waals surface area (Å²) < 4.78 is 0. The van der Waals surface area contributed by atoms with Crippen LogP contribution in [0, 0.1) is 5.92 Å². The Bertz CT molecular complexity index is 255. The Kier molecular flexibility index (Phi) is 3.82. The molecule has 0 radical (unpaired) electrons. The summed E-state index contributed by atoms with van der Waals surface area (Å²) in [6.45, 7) is 5.13. The molecule has 3 N–H and O–H groups in total. The van der Waals surface area contributed by atoms with Gasteiger partial charge in [-0.1, -0.05) is 0 Å². The molecule has 2 heterocycles. The minimum Gasteiger partial charge on any atom is -0.356 e. The molecule has 4 heteroatoms. The van der Waals surface area contributed by atoms with Crippen LogP contribution in [0.15, 0.2) is 0 Å². The van der Waals surface area contributed by atoms with Crippen molar-refractivity contribution in [1.82, 2.24) is 10.2 Å². The second-order valence-electron chi connectivity index (χ2n) is 5.25. The van der Waals surface area contributed by atoms with Gasteiger partial charge in [-0.3, -0.25) is 9.69 Å². The first-order valence-electron chi connectivity index (χ1n) is 6.43. The Morgan fingerprint density at radius 3 is 3.00 bits per heavy atom. The number of amides is 1. The summed E-state index contributed by atoms with van der Waals surface area (Å²) in [5, 5.41) is 2.94. The molecule has 0 aromatic rings. The van der Waals surface area contributed by atoms with Crippen molar-refractivity contribution in [3.05, 3.63) is 0 Å². The van der Waals surface area contributed by atoms with E-state index in [1.54, 1.807) is 0 Å². The van der Waals surface area contributed by atoms with E-state index in [4.69, 9.17) is 5.73 Å². The zero-order chi connectivity index (χ0) is 11.5. The van der Waals surface area contributed by atoms with E-state index in [9.17, 15) is 4.79 Å². The van der Waals surface area contributed by atoms with Crippen LogP contribution in [-0.4, -0.2) is 42.5 Å². The zero-order valence-corrected chi connectivity index (χ0v) is 10.1. The highest BCUT2D eigenvalue weighted by Gasteiger charge is 2.31. The van der Waals surface area contributed by atoms with Crippen molar-refractivity contribution in [2.24, 2.45) is 11.7 Å². The van der Waals surface area contributed by atoms with Gasteiger partial charge in [0.2, 0.25) is 5.91 Å². The van der Waals surface area contributed by atoms with Gasteiger partial charge >= 0.3 is 0 Å². The molecule has 3 atom stereocenters. The van der Waals surface area contributed by atoms with Crippen LogP contribution in [0.5, 0.6) is 0 Å². The molecule has 0 aromatic carbocycles. The highest BCUT2D eigenvalue weighted by atomic mass is 16.1. The highest BCUT2D eigenvalue weighted by Crippen LogP contribution is 2.24. The number of carbonyl (C=O) groups excluding carboxylic acids is 1. The molecular weight excluding hydrogens is 202 g/mol. The van der Waals surface area contributed by atoms with E-state index >= 15 is 0 Å². The first-order chi connectivity index (χ1) is 7.66. The molecule has 0 aromatic heterocycles. The summed E-state index contributed by atoms with van der Waals surface area (Å²) in [5.74, 6) is 0.832. The maximum Gasteiger partial charge on any atom is 0.221 e. The van der Waals surface area contributed by atoms with Gasteiger partial charge < -0.3 is 11.1 Å². The van der Waals surface area contributed by atoms with Crippen molar-refractivity contribution < 1.29 is 4.79 Å². The number of hydrogen-bond acceptors (Lipinski definition) is 3. The number of carbonyl (C=O) groups is 1. The van der Waals surface area contributed by atoms with Gasteiger partial charge in [0.1, 0.15) is 0 Å². The second kappa shape index (κ2) is 5.15. The van der Waals surface area contributed by atoms with E-state index in [1.165, 1.54) is 6.42 Å². The summed E-state index contributed by atoms with van der Waals surface area (Å²) in [7, 11) is 0. The van der Waals surface area contributed by atoms with Crippen molar-refractivity contribution in [2.75, 3.05) is 19.6 Å². The number of nitrogens with two attached hydrogens (primary N) is 1. The Morgan fingerprint density at radius 2 is 2.31 bits per heavy atom. The molecule has 92 valence electrons. The van der Waals surface area contributed by atoms with Crippen LogP contribution in [0.1, 0.15) is 32.6 Å². The van der Waals surface area contributed by atoms with Gasteiger partial charge in [-0.25, -0.2) is 0 Å². The summed E-state index contributed by atoms with van der Waals surface area (Å²) >= 11 is 0. The van der Waals surface area contributed by atoms with E-state index in [0.29, 0.717) is 18.4 Å². The van der Waals surface area contributed by atoms with E-state index in [2.05, 4.69) is 17.1 Å². The quantitative estimate of drug-likeness (QED) is 0.712. The van der Waals surface area contributed by atoms with Crippen molar-refractivity contribution >= 4 is 5.91 Å². The van der Waals surface area contributed by atoms with Gasteiger partial charge in [0.05, 0.1) is 0 Å². The fraction of sp³-hybridized carbons (Fsp3) is 0.917. The lowest BCUT2D eigenvalue weighted by molar-refractivity contribution is -0.121. The lowest BCUT2D eigenvalue weighted by Crippen LogP contribution is -2.37. The molecule has 0 bridgehead atoms. The maximum absolute atomic E-state index is 11.5. The van der Waals surface area contributed by atoms with Crippen molar-refractivity contribution in [3.8, 4) is 0 Å². The third-order valence-electron chi connectivity index (χ3n) is 3.97. The van der Waals surface area contributed by atoms with Gasteiger partial charge in [-0.15, -0.1) is 0 Å². The topological polar surface area (TPSA) is 58.4 Å². The average molecular weight is 225 g/mol. The second-order valence-corrected chi connectivity index (χ2v) is 5.25. The van der Waals surface area contributed by atoms with Crippen LogP contribution in [-0.2, 0) is 4.79 Å². The Labute approximate surface area is 97.6 Å². The van der Waals surface area contributed by atoms with Crippen molar-refractivity contribution in [2.45, 2.75) is 44.7 Å². The molecule has 0 saturated carbocycles. The predicted octanol–water partition coefficient (Wildman–Crippen LogP) is 0.324. The molecule has 1 amide bonds. The van der Waals surface area contributed by atoms with Crippen LogP contribution in [0.4, 0.5) is 0 Å². The van der Waals surface area contributed by atoms with Crippen LogP contribution >= 0.6 is 0 Å². The number of nitrogens with zero attached hydrogens (tertiary/aromatic N) is 1. The number of nitrogens with one attached hydrogen (secondary N) is 1. The number of likely N-dealkylation sites (tertiary alicyclic amines) is 1. The normalized spacial score (nSPS) is 34.5. The van der Waals surface area contributed by atoms with Gasteiger partial charge in [0.25, 0.3) is 0 Å². The Hall–Kier alpha value is -0.610. The smallest absolute Gasteiger partial charge is 0.221 e. The molecule has 3 unspecified atom stereocenters. The molecule has 0 aliphatic carbocycles. The van der Waals surface area contributed by atoms with E-state index in [-0.39, 0.29) is 11.9 Å². The summed E-state index contributed by atoms with van der Waals surface area (Å²) in [4.78, 5) is 14.0. The fourth-order valence-electron chi connectivity index (χ4n) is 2.84. The van der Waals surface area contributed by atoms with E-state index < -0.39 is 0 Å². The van der Waals surface area contributed by atoms with Crippen LogP contribution in [0.25, 0.3) is 0 Å². The zero-order valence-electron chi connectivity index (χ0n) is 10.1. The Balaban J connectivity index is 1.90. The fourth-order valence-corrected chi connectivity index (χ4v) is 2.84. The van der Waals surface area contributed by atoms with Crippen LogP contribution in [0.2, 0.25) is 0 Å². The molecule has 16 heavy (non-hydrogen) atoms. The third kappa shape index (κ3) is 2.74. The maximum atomic E-state index is 11.5. The molecular formula is C12H23N3O. The standard InChI is InChI=1S/C12H23N3O/c1-9(13)10-4-6-15(8-10)11-3-2-5-14-12(16)7-11/h9-11H,2-8,13H2,1H3,(H,14,16). The molecule has 0 spiro atoms. The average Bonchev–Trinajstić information content (AvgIpc) is 2.63. The van der Waals surface area contributed by atoms with Gasteiger partial charge in [-0.2, -0.15) is 0 Å². The molecule has 2 saturated heterocycles. The number of rotatable bonds is 2. The number of hydrogen-bond donors (Lipinski definition) is 2. The van der Waals surface area contributed by atoms with Gasteiger partial charge in [0, 0.05) is 31.6 Å². The van der Waals surface area contributed by atoms with Crippen LogP contribution < -0.4 is 11.1 Å². The lowest BCUT2D eigenvalue weighted by atomic mass is 10.0. The third-order valence-corrected chi connectivity index (χ3v) is 3.97. The molecule has 2 aliphatic rings. The summed E-state index contributed by atoms with van der Waals surface area (Å²) in [6, 6.07) is 0.732. The van der Waals surface area contributed by atoms with Gasteiger partial charge in [0.15, 0.2) is 0 Å². The molecule has 4 nitrogen and oxygen atoms in total. The van der Waals surface area contributed by atoms with Gasteiger partial charge in [-0.05, 0) is 38.6 Å². The SMILES string of the molecule is CC(N)C1CCN(C2CCCNC(=O)C2)C1. The van der Waals surface area contributed by atoms with Crippen molar-refractivity contribution in [1.29, 1.82) is 0 Å². The predicted molar refractivity (Wildman–Crippen MR) is 64.0 cm³/mol. The monoisotopic (exact) mass is 225 g/mol. The van der Waals surface area contributed by atoms with E-state index in [0.717, 1.165) is 32.5 Å². The largest absolute Gasteiger partial charge is 0.356 e. The minimum atomic E-state index is 0.215. The van der Waals surface area contributed by atoms with Crippen molar-refractivity contribution in [3.63, 3.8) is 0 Å². The lowest BCUT2D eigenvalue weighted by Gasteiger charge is -2.26. The summed E-state index contributed by atoms with van der Waals surface area (Å²) in [5.41, 5.74) is 5.94. The minimum absolute atomic E-state index is 0.215. The molecule has 2 aliphatic heterocycles. The molecule has 2 rings (SSSR count). The Morgan fingerprint density at radius 1 is 1.50 bits per heavy atom. The first kappa shape index (κ1) is 11.9. The van der Waals surface area contributed by atoms with E-state index in [1.807, 2.05) is 0 Å².